The van der Waals surface area contributed by atoms with E-state index in [0.29, 0.717) is 12.2 Å². The second-order valence-electron chi connectivity index (χ2n) is 5.90. The zero-order valence-electron chi connectivity index (χ0n) is 13.9. The Morgan fingerprint density at radius 2 is 1.30 bits per heavy atom. The van der Waals surface area contributed by atoms with Crippen LogP contribution in [0, 0.1) is 0 Å². The molecular formula is C19H29BrO3. The van der Waals surface area contributed by atoms with Crippen LogP contribution in [0.15, 0.2) is 24.3 Å². The highest BCUT2D eigenvalue weighted by molar-refractivity contribution is 9.09. The van der Waals surface area contributed by atoms with Gasteiger partial charge in [0.05, 0.1) is 12.2 Å². The first-order valence-corrected chi connectivity index (χ1v) is 9.88. The maximum Gasteiger partial charge on any atom is 0.335 e. The van der Waals surface area contributed by atoms with Crippen LogP contribution < -0.4 is 4.74 Å². The molecule has 0 amide bonds. The van der Waals surface area contributed by atoms with Crippen molar-refractivity contribution in [3.05, 3.63) is 29.8 Å². The van der Waals surface area contributed by atoms with Crippen LogP contribution in [0.1, 0.15) is 74.6 Å². The van der Waals surface area contributed by atoms with Gasteiger partial charge in [0.2, 0.25) is 0 Å². The molecule has 0 heterocycles. The van der Waals surface area contributed by atoms with Crippen molar-refractivity contribution in [1.82, 2.24) is 0 Å². The predicted octanol–water partition coefficient (Wildman–Crippen LogP) is 6.06. The molecule has 130 valence electrons. The smallest absolute Gasteiger partial charge is 0.335 e. The average Bonchev–Trinajstić information content (AvgIpc) is 2.56. The number of hydrogen-bond donors (Lipinski definition) is 1. The Kier molecular flexibility index (Phi) is 11.7. The van der Waals surface area contributed by atoms with E-state index in [1.54, 1.807) is 24.3 Å². The van der Waals surface area contributed by atoms with E-state index in [2.05, 4.69) is 15.9 Å². The Bertz CT molecular complexity index is 417. The molecule has 0 aliphatic heterocycles. The molecule has 0 fully saturated rings. The maximum absolute atomic E-state index is 10.7. The lowest BCUT2D eigenvalue weighted by molar-refractivity contribution is 0.0697. The maximum atomic E-state index is 10.7. The molecule has 0 aliphatic rings. The topological polar surface area (TPSA) is 46.5 Å². The van der Waals surface area contributed by atoms with E-state index < -0.39 is 5.97 Å². The molecule has 0 bridgehead atoms. The highest BCUT2D eigenvalue weighted by Gasteiger charge is 2.01. The Morgan fingerprint density at radius 1 is 0.826 bits per heavy atom. The van der Waals surface area contributed by atoms with Crippen molar-refractivity contribution in [2.24, 2.45) is 0 Å². The van der Waals surface area contributed by atoms with Gasteiger partial charge in [0, 0.05) is 5.33 Å². The number of benzene rings is 1. The van der Waals surface area contributed by atoms with E-state index in [-0.39, 0.29) is 0 Å². The first kappa shape index (κ1) is 20.0. The first-order chi connectivity index (χ1) is 11.2. The molecule has 0 atom stereocenters. The van der Waals surface area contributed by atoms with Gasteiger partial charge in [0.1, 0.15) is 5.75 Å². The number of ether oxygens (including phenoxy) is 1. The van der Waals surface area contributed by atoms with Crippen molar-refractivity contribution in [3.8, 4) is 5.75 Å². The molecule has 0 radical (unpaired) electrons. The number of rotatable bonds is 14. The van der Waals surface area contributed by atoms with Gasteiger partial charge in [-0.3, -0.25) is 0 Å². The molecule has 1 N–H and O–H groups in total. The molecule has 1 rings (SSSR count). The van der Waals surface area contributed by atoms with Crippen LogP contribution in [-0.2, 0) is 0 Å². The molecular weight excluding hydrogens is 356 g/mol. The molecule has 0 aliphatic carbocycles. The number of hydrogen-bond acceptors (Lipinski definition) is 2. The van der Waals surface area contributed by atoms with E-state index in [1.807, 2.05) is 0 Å². The summed E-state index contributed by atoms with van der Waals surface area (Å²) >= 11 is 3.46. The third-order valence-electron chi connectivity index (χ3n) is 3.90. The van der Waals surface area contributed by atoms with Gasteiger partial charge in [-0.2, -0.15) is 0 Å². The normalized spacial score (nSPS) is 10.7. The molecule has 0 aromatic heterocycles. The summed E-state index contributed by atoms with van der Waals surface area (Å²) in [6, 6.07) is 6.60. The van der Waals surface area contributed by atoms with Gasteiger partial charge in [0.15, 0.2) is 0 Å². The summed E-state index contributed by atoms with van der Waals surface area (Å²) in [6.45, 7) is 0.707. The number of carboxylic acids is 1. The first-order valence-electron chi connectivity index (χ1n) is 8.76. The number of carboxylic acid groups (broad SMARTS) is 1. The number of aromatic carboxylic acids is 1. The second kappa shape index (κ2) is 13.4. The van der Waals surface area contributed by atoms with E-state index in [0.717, 1.165) is 17.5 Å². The van der Waals surface area contributed by atoms with Crippen LogP contribution in [-0.4, -0.2) is 23.0 Å². The van der Waals surface area contributed by atoms with Gasteiger partial charge in [-0.05, 0) is 37.1 Å². The van der Waals surface area contributed by atoms with Crippen LogP contribution in [0.5, 0.6) is 5.75 Å². The quantitative estimate of drug-likeness (QED) is 0.313. The van der Waals surface area contributed by atoms with Crippen LogP contribution >= 0.6 is 15.9 Å². The van der Waals surface area contributed by atoms with Crippen molar-refractivity contribution >= 4 is 21.9 Å². The fraction of sp³-hybridized carbons (Fsp3) is 0.632. The lowest BCUT2D eigenvalue weighted by atomic mass is 10.1. The minimum absolute atomic E-state index is 0.296. The van der Waals surface area contributed by atoms with Gasteiger partial charge < -0.3 is 9.84 Å². The van der Waals surface area contributed by atoms with Crippen LogP contribution in [0.25, 0.3) is 0 Å². The largest absolute Gasteiger partial charge is 0.494 e. The highest BCUT2D eigenvalue weighted by atomic mass is 79.9. The SMILES string of the molecule is O=C(O)c1ccc(OCCCCCCCCCCCCBr)cc1. The number of halogens is 1. The lowest BCUT2D eigenvalue weighted by Gasteiger charge is -2.06. The van der Waals surface area contributed by atoms with E-state index in [4.69, 9.17) is 9.84 Å². The van der Waals surface area contributed by atoms with E-state index in [1.165, 1.54) is 57.8 Å². The zero-order chi connectivity index (χ0) is 16.8. The Balaban J connectivity index is 1.90. The zero-order valence-corrected chi connectivity index (χ0v) is 15.5. The minimum atomic E-state index is -0.903. The fourth-order valence-corrected chi connectivity index (χ4v) is 2.89. The monoisotopic (exact) mass is 384 g/mol. The van der Waals surface area contributed by atoms with E-state index in [9.17, 15) is 4.79 Å². The molecule has 0 unspecified atom stereocenters. The summed E-state index contributed by atoms with van der Waals surface area (Å²) in [4.78, 5) is 10.7. The summed E-state index contributed by atoms with van der Waals surface area (Å²) < 4.78 is 5.63. The molecule has 3 nitrogen and oxygen atoms in total. The third kappa shape index (κ3) is 10.4. The lowest BCUT2D eigenvalue weighted by Crippen LogP contribution is -1.99. The summed E-state index contributed by atoms with van der Waals surface area (Å²) in [5.41, 5.74) is 0.296. The average molecular weight is 385 g/mol. The van der Waals surface area contributed by atoms with Crippen LogP contribution in [0.3, 0.4) is 0 Å². The van der Waals surface area contributed by atoms with Crippen molar-refractivity contribution < 1.29 is 14.6 Å². The van der Waals surface area contributed by atoms with E-state index >= 15 is 0 Å². The molecule has 1 aromatic carbocycles. The standard InChI is InChI=1S/C19H29BrO3/c20-15-9-7-5-3-1-2-4-6-8-10-16-23-18-13-11-17(12-14-18)19(21)22/h11-14H,1-10,15-16H2,(H,21,22). The minimum Gasteiger partial charge on any atom is -0.494 e. The Labute approximate surface area is 148 Å². The van der Waals surface area contributed by atoms with Crippen molar-refractivity contribution in [1.29, 1.82) is 0 Å². The van der Waals surface area contributed by atoms with Gasteiger partial charge in [0.25, 0.3) is 0 Å². The highest BCUT2D eigenvalue weighted by Crippen LogP contribution is 2.14. The molecule has 0 saturated heterocycles. The molecule has 0 spiro atoms. The van der Waals surface area contributed by atoms with Crippen molar-refractivity contribution in [2.45, 2.75) is 64.2 Å². The molecule has 0 saturated carbocycles. The summed E-state index contributed by atoms with van der Waals surface area (Å²) in [7, 11) is 0. The van der Waals surface area contributed by atoms with Gasteiger partial charge in [-0.25, -0.2) is 4.79 Å². The summed E-state index contributed by atoms with van der Waals surface area (Å²) in [6.07, 6.45) is 13.0. The van der Waals surface area contributed by atoms with Gasteiger partial charge in [-0.15, -0.1) is 0 Å². The van der Waals surface area contributed by atoms with Crippen LogP contribution in [0.4, 0.5) is 0 Å². The van der Waals surface area contributed by atoms with Crippen LogP contribution in [0.2, 0.25) is 0 Å². The van der Waals surface area contributed by atoms with Crippen molar-refractivity contribution in [2.75, 3.05) is 11.9 Å². The number of alkyl halides is 1. The predicted molar refractivity (Wildman–Crippen MR) is 98.9 cm³/mol. The second-order valence-corrected chi connectivity index (χ2v) is 6.70. The Morgan fingerprint density at radius 3 is 1.78 bits per heavy atom. The third-order valence-corrected chi connectivity index (χ3v) is 4.46. The Hall–Kier alpha value is -1.03. The van der Waals surface area contributed by atoms with Gasteiger partial charge in [-0.1, -0.05) is 67.3 Å². The summed E-state index contributed by atoms with van der Waals surface area (Å²) in [5, 5.41) is 9.96. The molecule has 1 aromatic rings. The molecule has 23 heavy (non-hydrogen) atoms. The number of carbonyl (C=O) groups is 1. The number of unbranched alkanes of at least 4 members (excludes halogenated alkanes) is 9. The van der Waals surface area contributed by atoms with Gasteiger partial charge >= 0.3 is 5.97 Å². The fourth-order valence-electron chi connectivity index (χ4n) is 2.49. The molecule has 4 heteroatoms. The van der Waals surface area contributed by atoms with Crippen molar-refractivity contribution in [3.63, 3.8) is 0 Å². The summed E-state index contributed by atoms with van der Waals surface area (Å²) in [5.74, 6) is -0.154.